The minimum Gasteiger partial charge on any atom is -0.508 e. The minimum atomic E-state index is -1.70. The zero-order chi connectivity index (χ0) is 63.4. The van der Waals surface area contributed by atoms with E-state index in [0.29, 0.717) is 48.3 Å². The zero-order valence-electron chi connectivity index (χ0n) is 50.2. The minimum absolute atomic E-state index is 0.0394. The molecule has 8 amide bonds. The number of aliphatic hydroxyl groups excluding tert-OH is 1. The summed E-state index contributed by atoms with van der Waals surface area (Å²) in [6.45, 7) is 8.07. The molecule has 88 heavy (non-hydrogen) atoms. The van der Waals surface area contributed by atoms with E-state index in [-0.39, 0.29) is 81.6 Å². The first-order chi connectivity index (χ1) is 42.3. The van der Waals surface area contributed by atoms with E-state index in [4.69, 9.17) is 17.2 Å². The number of para-hydroxylation sites is 2. The standard InChI is InChI=1S/C62H84N16O10/c1-5-24-78(61(88)53-18-12-25-77(53)6-2)60(87)47(17-11-23-67-62(64)65)71-55(82)48(26-36(3)4)73-57(84)51(29-39-32-69-46-16-10-8-14-43(39)46)75-56(83)49(27-37-19-21-41(80)22-20-37)74-59(86)52(34-79)76-58(85)50(28-38-31-68-45-15-9-7-13-42(38)45)72-54(81)44(63)30-40-33-66-35-70-40/h7-10,13-16,19-22,31-33,35-36,44,47-53,68-69,79-80H,5-6,11-12,17-18,23-30,34,63H2,1-4H3,(H,66,70)(H,71,82)(H,72,81)(H,73,84)(H,74,86)(H,75,83)(H,76,85)(H4,64,65,67)/t44-,47-,48-,49-,50-,51+,52-,53-/m0/s1. The van der Waals surface area contributed by atoms with E-state index < -0.39 is 96.3 Å². The fraction of sp³-hybridized carbons (Fsp3) is 0.452. The van der Waals surface area contributed by atoms with Crippen LogP contribution in [0.2, 0.25) is 0 Å². The number of aliphatic imine (C=N–C) groups is 1. The first kappa shape index (κ1) is 66.4. The number of aliphatic hydroxyl groups is 1. The molecule has 3 aromatic carbocycles. The van der Waals surface area contributed by atoms with Crippen LogP contribution >= 0.6 is 0 Å². The molecule has 0 aliphatic carbocycles. The maximum absolute atomic E-state index is 15.1. The number of aromatic amines is 3. The van der Waals surface area contributed by atoms with Crippen molar-refractivity contribution in [2.24, 2.45) is 28.1 Å². The van der Waals surface area contributed by atoms with Gasteiger partial charge in [-0.25, -0.2) is 4.98 Å². The lowest BCUT2D eigenvalue weighted by Crippen LogP contribution is -2.61. The summed E-state index contributed by atoms with van der Waals surface area (Å²) in [5.41, 5.74) is 21.3. The number of likely N-dealkylation sites (N-methyl/N-ethyl adjacent to an activating group) is 1. The number of nitrogens with zero attached hydrogens (tertiary/aromatic N) is 4. The first-order valence-corrected chi connectivity index (χ1v) is 30.0. The van der Waals surface area contributed by atoms with E-state index in [1.165, 1.54) is 41.7 Å². The summed E-state index contributed by atoms with van der Waals surface area (Å²) < 4.78 is 0. The number of phenolic OH excluding ortho intramolecular Hbond substituents is 1. The molecule has 472 valence electrons. The molecule has 17 N–H and O–H groups in total. The summed E-state index contributed by atoms with van der Waals surface area (Å²) in [4.78, 5) is 137. The van der Waals surface area contributed by atoms with Crippen LogP contribution in [0.15, 0.2) is 103 Å². The van der Waals surface area contributed by atoms with Gasteiger partial charge in [0, 0.05) is 84.9 Å². The van der Waals surface area contributed by atoms with Crippen LogP contribution in [0.25, 0.3) is 21.8 Å². The number of fused-ring (bicyclic) bond motifs is 2. The van der Waals surface area contributed by atoms with Gasteiger partial charge in [0.15, 0.2) is 5.96 Å². The number of nitrogens with one attached hydrogen (secondary N) is 9. The molecule has 0 bridgehead atoms. The quantitative estimate of drug-likeness (QED) is 0.0159. The average molecular weight is 1210 g/mol. The third-order valence-electron chi connectivity index (χ3n) is 15.6. The van der Waals surface area contributed by atoms with Crippen LogP contribution in [0.3, 0.4) is 0 Å². The van der Waals surface area contributed by atoms with Crippen LogP contribution in [-0.2, 0) is 64.0 Å². The maximum Gasteiger partial charge on any atom is 0.251 e. The number of hydrogen-bond acceptors (Lipinski definition) is 14. The number of H-pyrrole nitrogens is 3. The van der Waals surface area contributed by atoms with Gasteiger partial charge in [0.1, 0.15) is 42.0 Å². The van der Waals surface area contributed by atoms with Crippen molar-refractivity contribution < 1.29 is 48.6 Å². The lowest BCUT2D eigenvalue weighted by atomic mass is 9.99. The number of likely N-dealkylation sites (tertiary alicyclic amines) is 1. The highest BCUT2D eigenvalue weighted by Gasteiger charge is 2.39. The molecule has 3 aromatic heterocycles. The molecule has 8 atom stereocenters. The fourth-order valence-corrected chi connectivity index (χ4v) is 11.0. The highest BCUT2D eigenvalue weighted by Crippen LogP contribution is 2.24. The van der Waals surface area contributed by atoms with Gasteiger partial charge in [-0.3, -0.25) is 53.1 Å². The number of hydrogen-bond donors (Lipinski definition) is 14. The number of guanidine groups is 1. The number of imidazole rings is 1. The lowest BCUT2D eigenvalue weighted by Gasteiger charge is -2.32. The van der Waals surface area contributed by atoms with Crippen molar-refractivity contribution in [1.82, 2.24) is 61.6 Å². The van der Waals surface area contributed by atoms with Gasteiger partial charge in [-0.15, -0.1) is 0 Å². The van der Waals surface area contributed by atoms with Gasteiger partial charge in [0.2, 0.25) is 41.4 Å². The zero-order valence-corrected chi connectivity index (χ0v) is 50.2. The molecule has 26 nitrogen and oxygen atoms in total. The van der Waals surface area contributed by atoms with Gasteiger partial charge in [0.05, 0.1) is 25.0 Å². The van der Waals surface area contributed by atoms with E-state index >= 15 is 9.59 Å². The Labute approximate surface area is 510 Å². The Morgan fingerprint density at radius 1 is 0.693 bits per heavy atom. The highest BCUT2D eigenvalue weighted by atomic mass is 16.3. The number of imide groups is 1. The fourth-order valence-electron chi connectivity index (χ4n) is 11.0. The molecular weight excluding hydrogens is 1130 g/mol. The highest BCUT2D eigenvalue weighted by molar-refractivity contribution is 6.02. The van der Waals surface area contributed by atoms with Gasteiger partial charge >= 0.3 is 0 Å². The summed E-state index contributed by atoms with van der Waals surface area (Å²) in [6.07, 6.45) is 8.13. The molecule has 0 radical (unpaired) electrons. The van der Waals surface area contributed by atoms with Gasteiger partial charge in [0.25, 0.3) is 5.91 Å². The molecule has 1 saturated heterocycles. The van der Waals surface area contributed by atoms with Crippen molar-refractivity contribution in [3.63, 3.8) is 0 Å². The molecule has 0 unspecified atom stereocenters. The van der Waals surface area contributed by atoms with Gasteiger partial charge in [-0.2, -0.15) is 0 Å². The van der Waals surface area contributed by atoms with Crippen molar-refractivity contribution in [2.45, 2.75) is 140 Å². The Balaban J connectivity index is 1.15. The number of carbonyl (C=O) groups is 8. The third-order valence-corrected chi connectivity index (χ3v) is 15.6. The van der Waals surface area contributed by atoms with Crippen molar-refractivity contribution in [3.05, 3.63) is 120 Å². The van der Waals surface area contributed by atoms with Crippen LogP contribution in [0.4, 0.5) is 0 Å². The summed E-state index contributed by atoms with van der Waals surface area (Å²) in [5, 5.41) is 38.9. The number of benzene rings is 3. The summed E-state index contributed by atoms with van der Waals surface area (Å²) >= 11 is 0. The number of nitrogens with two attached hydrogens (primary N) is 3. The average Bonchev–Trinajstić information content (AvgIpc) is 4.45. The number of rotatable bonds is 32. The first-order valence-electron chi connectivity index (χ1n) is 30.0. The summed E-state index contributed by atoms with van der Waals surface area (Å²) in [6, 6.07) is 10.3. The van der Waals surface area contributed by atoms with Crippen molar-refractivity contribution >= 4 is 75.0 Å². The summed E-state index contributed by atoms with van der Waals surface area (Å²) in [5.74, 6) is -6.40. The Morgan fingerprint density at radius 3 is 1.77 bits per heavy atom. The Morgan fingerprint density at radius 2 is 1.23 bits per heavy atom. The topological polar surface area (TPSA) is 406 Å². The second-order valence-corrected chi connectivity index (χ2v) is 22.6. The van der Waals surface area contributed by atoms with Crippen LogP contribution in [-0.4, -0.2) is 174 Å². The van der Waals surface area contributed by atoms with E-state index in [1.807, 2.05) is 81.1 Å². The van der Waals surface area contributed by atoms with E-state index in [9.17, 15) is 39.0 Å². The van der Waals surface area contributed by atoms with Crippen molar-refractivity contribution in [2.75, 3.05) is 32.8 Å². The van der Waals surface area contributed by atoms with Gasteiger partial charge < -0.3 is 74.3 Å². The molecular formula is C62H84N16O10. The van der Waals surface area contributed by atoms with Crippen LogP contribution in [0, 0.1) is 5.92 Å². The van der Waals surface area contributed by atoms with Crippen molar-refractivity contribution in [1.29, 1.82) is 0 Å². The second-order valence-electron chi connectivity index (χ2n) is 22.6. The Bertz CT molecular complexity index is 3360. The lowest BCUT2D eigenvalue weighted by molar-refractivity contribution is -0.150. The van der Waals surface area contributed by atoms with Gasteiger partial charge in [-0.1, -0.05) is 76.2 Å². The molecule has 0 saturated carbocycles. The van der Waals surface area contributed by atoms with E-state index in [2.05, 4.69) is 56.8 Å². The molecule has 26 heteroatoms. The van der Waals surface area contributed by atoms with Crippen LogP contribution in [0.1, 0.15) is 88.6 Å². The summed E-state index contributed by atoms with van der Waals surface area (Å²) in [7, 11) is 0. The smallest absolute Gasteiger partial charge is 0.251 e. The van der Waals surface area contributed by atoms with Crippen LogP contribution in [0.5, 0.6) is 5.75 Å². The third kappa shape index (κ3) is 18.2. The normalized spacial score (nSPS) is 15.7. The number of aromatic hydroxyl groups is 1. The molecule has 1 fully saturated rings. The number of carbonyl (C=O) groups excluding carboxylic acids is 8. The predicted octanol–water partition coefficient (Wildman–Crippen LogP) is 0.926. The van der Waals surface area contributed by atoms with Crippen molar-refractivity contribution in [3.8, 4) is 5.75 Å². The monoisotopic (exact) mass is 1210 g/mol. The number of aromatic nitrogens is 4. The van der Waals surface area contributed by atoms with E-state index in [1.54, 1.807) is 12.4 Å². The molecule has 4 heterocycles. The largest absolute Gasteiger partial charge is 0.508 e. The van der Waals surface area contributed by atoms with Crippen LogP contribution < -0.4 is 49.1 Å². The maximum atomic E-state index is 15.1. The molecule has 6 aromatic rings. The number of amides is 8. The second kappa shape index (κ2) is 32.0. The predicted molar refractivity (Wildman–Crippen MR) is 331 cm³/mol. The molecule has 7 rings (SSSR count). The molecule has 1 aliphatic rings. The van der Waals surface area contributed by atoms with Gasteiger partial charge in [-0.05, 0) is 98.5 Å². The molecule has 1 aliphatic heterocycles. The Hall–Kier alpha value is -9.14. The van der Waals surface area contributed by atoms with E-state index in [0.717, 1.165) is 28.2 Å². The SMILES string of the molecule is CCCN(C(=O)[C@H](CCCN=C(N)N)NC(=O)[C@H](CC(C)C)NC(=O)[C@@H](Cc1c[nH]c2ccccc12)NC(=O)[C@H](Cc1ccc(O)cc1)NC(=O)[C@H](CO)NC(=O)[C@H](Cc1c[nH]c2ccccc12)NC(=O)[C@@H](N)Cc1cnc[nH]1)C(=O)[C@@H]1CCCN1CC. The Kier molecular flexibility index (Phi) is 24.2. The number of phenols is 1. The molecule has 0 spiro atoms.